The lowest BCUT2D eigenvalue weighted by atomic mass is 10.1. The van der Waals surface area contributed by atoms with Gasteiger partial charge in [-0.1, -0.05) is 12.1 Å². The molecule has 3 aromatic carbocycles. The molecule has 0 bridgehead atoms. The van der Waals surface area contributed by atoms with E-state index >= 15 is 0 Å². The average molecular weight is 599 g/mol. The van der Waals surface area contributed by atoms with Gasteiger partial charge < -0.3 is 20.1 Å². The van der Waals surface area contributed by atoms with E-state index in [2.05, 4.69) is 42.5 Å². The van der Waals surface area contributed by atoms with E-state index in [4.69, 9.17) is 9.47 Å². The molecule has 0 unspecified atom stereocenters. The summed E-state index contributed by atoms with van der Waals surface area (Å²) in [6.07, 6.45) is 1.46. The van der Waals surface area contributed by atoms with Crippen molar-refractivity contribution in [1.29, 1.82) is 5.26 Å². The van der Waals surface area contributed by atoms with Crippen LogP contribution in [0.2, 0.25) is 0 Å². The van der Waals surface area contributed by atoms with Crippen LogP contribution in [-0.4, -0.2) is 25.5 Å². The van der Waals surface area contributed by atoms with Gasteiger partial charge in [0.2, 0.25) is 0 Å². The third-order valence-corrected chi connectivity index (χ3v) is 5.87. The quantitative estimate of drug-likeness (QED) is 0.241. The molecular weight excluding hydrogens is 578 g/mol. The van der Waals surface area contributed by atoms with Gasteiger partial charge in [-0.3, -0.25) is 9.59 Å². The molecule has 0 saturated carbocycles. The van der Waals surface area contributed by atoms with Gasteiger partial charge in [0, 0.05) is 11.4 Å². The highest BCUT2D eigenvalue weighted by atomic mass is 79.9. The van der Waals surface area contributed by atoms with Crippen LogP contribution in [0.3, 0.4) is 0 Å². The Morgan fingerprint density at radius 3 is 2.29 bits per heavy atom. The summed E-state index contributed by atoms with van der Waals surface area (Å²) < 4.78 is 11.9. The Morgan fingerprint density at radius 2 is 1.69 bits per heavy atom. The summed E-state index contributed by atoms with van der Waals surface area (Å²) >= 11 is 6.86. The number of nitrogens with one attached hydrogen (secondary N) is 2. The summed E-state index contributed by atoms with van der Waals surface area (Å²) in [5, 5.41) is 15.0. The summed E-state index contributed by atoms with van der Waals surface area (Å²) in [5.74, 6) is 0.227. The van der Waals surface area contributed by atoms with Crippen molar-refractivity contribution in [2.75, 3.05) is 24.4 Å². The maximum atomic E-state index is 12.6. The molecule has 0 aliphatic carbocycles. The van der Waals surface area contributed by atoms with Crippen molar-refractivity contribution >= 4 is 61.1 Å². The molecule has 2 amide bonds. The second-order valence-electron chi connectivity index (χ2n) is 7.37. The van der Waals surface area contributed by atoms with Crippen molar-refractivity contribution in [2.45, 2.75) is 6.92 Å². The van der Waals surface area contributed by atoms with Crippen molar-refractivity contribution in [3.05, 3.63) is 86.3 Å². The van der Waals surface area contributed by atoms with Gasteiger partial charge in [0.15, 0.2) is 6.61 Å². The molecule has 35 heavy (non-hydrogen) atoms. The zero-order valence-corrected chi connectivity index (χ0v) is 22.1. The number of amides is 2. The second-order valence-corrected chi connectivity index (χ2v) is 9.08. The molecule has 3 rings (SSSR count). The summed E-state index contributed by atoms with van der Waals surface area (Å²) in [6, 6.07) is 19.5. The monoisotopic (exact) mass is 597 g/mol. The molecule has 178 valence electrons. The van der Waals surface area contributed by atoms with E-state index in [1.54, 1.807) is 49.6 Å². The Balaban J connectivity index is 1.68. The van der Waals surface area contributed by atoms with Crippen LogP contribution < -0.4 is 20.1 Å². The van der Waals surface area contributed by atoms with Crippen LogP contribution in [0.1, 0.15) is 11.1 Å². The Hall–Kier alpha value is -3.61. The lowest BCUT2D eigenvalue weighted by Crippen LogP contribution is -2.20. The number of nitrogens with zero attached hydrogens (tertiary/aromatic N) is 1. The lowest BCUT2D eigenvalue weighted by Gasteiger charge is -2.12. The highest BCUT2D eigenvalue weighted by Crippen LogP contribution is 2.35. The second kappa shape index (κ2) is 12.2. The normalized spacial score (nSPS) is 10.8. The fourth-order valence-corrected chi connectivity index (χ4v) is 4.50. The smallest absolute Gasteiger partial charge is 0.266 e. The number of nitriles is 1. The van der Waals surface area contributed by atoms with Gasteiger partial charge >= 0.3 is 0 Å². The van der Waals surface area contributed by atoms with Crippen molar-refractivity contribution < 1.29 is 19.1 Å². The molecule has 3 aromatic rings. The highest BCUT2D eigenvalue weighted by molar-refractivity contribution is 9.11. The van der Waals surface area contributed by atoms with Crippen LogP contribution >= 0.6 is 31.9 Å². The largest absolute Gasteiger partial charge is 0.497 e. The number of hydrogen-bond acceptors (Lipinski definition) is 5. The molecule has 0 heterocycles. The number of carbonyl (C=O) groups excluding carboxylic acids is 2. The molecule has 0 saturated heterocycles. The number of methoxy groups -OCH3 is 1. The fraction of sp³-hybridized carbons (Fsp3) is 0.115. The predicted molar refractivity (Wildman–Crippen MR) is 142 cm³/mol. The van der Waals surface area contributed by atoms with Gasteiger partial charge in [-0.05, 0) is 105 Å². The maximum Gasteiger partial charge on any atom is 0.266 e. The fourth-order valence-electron chi connectivity index (χ4n) is 3.05. The van der Waals surface area contributed by atoms with Crippen molar-refractivity contribution in [1.82, 2.24) is 0 Å². The predicted octanol–water partition coefficient (Wildman–Crippen LogP) is 6.09. The number of rotatable bonds is 8. The Morgan fingerprint density at radius 1 is 1.00 bits per heavy atom. The number of hydrogen-bond donors (Lipinski definition) is 2. The number of anilines is 2. The first-order valence-electron chi connectivity index (χ1n) is 10.3. The van der Waals surface area contributed by atoms with Gasteiger partial charge in [-0.2, -0.15) is 5.26 Å². The van der Waals surface area contributed by atoms with Crippen LogP contribution in [0.25, 0.3) is 6.08 Å². The standard InChI is InChI=1S/C26H21Br2N3O4/c1-16-4-3-5-20(10-16)30-24(32)15-35-25-22(27)12-17(13-23(25)28)11-18(14-29)26(33)31-19-6-8-21(34-2)9-7-19/h3-13H,15H2,1-2H3,(H,30,32)(H,31,33)/b18-11-. The van der Waals surface area contributed by atoms with E-state index in [0.717, 1.165) is 5.56 Å². The number of aryl methyl sites for hydroxylation is 1. The first-order chi connectivity index (χ1) is 16.8. The lowest BCUT2D eigenvalue weighted by molar-refractivity contribution is -0.118. The summed E-state index contributed by atoms with van der Waals surface area (Å²) in [7, 11) is 1.55. The molecule has 0 fully saturated rings. The van der Waals surface area contributed by atoms with Crippen LogP contribution in [-0.2, 0) is 9.59 Å². The molecule has 0 radical (unpaired) electrons. The molecule has 0 atom stereocenters. The van der Waals surface area contributed by atoms with Crippen LogP contribution in [0.4, 0.5) is 11.4 Å². The molecule has 2 N–H and O–H groups in total. The van der Waals surface area contributed by atoms with Crippen molar-refractivity contribution in [3.63, 3.8) is 0 Å². The van der Waals surface area contributed by atoms with Crippen LogP contribution in [0.15, 0.2) is 75.2 Å². The molecular formula is C26H21Br2N3O4. The molecule has 0 aliphatic heterocycles. The van der Waals surface area contributed by atoms with Gasteiger partial charge in [0.1, 0.15) is 23.1 Å². The van der Waals surface area contributed by atoms with E-state index in [1.807, 2.05) is 31.2 Å². The maximum absolute atomic E-state index is 12.6. The Labute approximate surface area is 220 Å². The van der Waals surface area contributed by atoms with E-state index in [0.29, 0.717) is 37.4 Å². The minimum absolute atomic E-state index is 0.0779. The first-order valence-corrected chi connectivity index (χ1v) is 11.9. The van der Waals surface area contributed by atoms with Crippen molar-refractivity contribution in [3.8, 4) is 17.6 Å². The van der Waals surface area contributed by atoms with E-state index < -0.39 is 5.91 Å². The van der Waals surface area contributed by atoms with Gasteiger partial charge in [0.25, 0.3) is 11.8 Å². The molecule has 7 nitrogen and oxygen atoms in total. The minimum Gasteiger partial charge on any atom is -0.497 e. The molecule has 0 aliphatic rings. The van der Waals surface area contributed by atoms with Gasteiger partial charge in [0.05, 0.1) is 16.1 Å². The van der Waals surface area contributed by atoms with Crippen LogP contribution in [0, 0.1) is 18.3 Å². The first kappa shape index (κ1) is 26.0. The van der Waals surface area contributed by atoms with E-state index in [9.17, 15) is 14.9 Å². The summed E-state index contributed by atoms with van der Waals surface area (Å²) in [6.45, 7) is 1.74. The SMILES string of the molecule is COc1ccc(NC(=O)/C(C#N)=C\c2cc(Br)c(OCC(=O)Nc3cccc(C)c3)c(Br)c2)cc1. The van der Waals surface area contributed by atoms with Crippen LogP contribution in [0.5, 0.6) is 11.5 Å². The number of halogens is 2. The number of ether oxygens (including phenoxy) is 2. The molecule has 0 spiro atoms. The minimum atomic E-state index is -0.543. The molecule has 9 heteroatoms. The topological polar surface area (TPSA) is 100 Å². The zero-order chi connectivity index (χ0) is 25.4. The Kier molecular flexibility index (Phi) is 9.06. The Bertz CT molecular complexity index is 1290. The third-order valence-electron chi connectivity index (χ3n) is 4.69. The van der Waals surface area contributed by atoms with E-state index in [-0.39, 0.29) is 18.1 Å². The van der Waals surface area contributed by atoms with E-state index in [1.165, 1.54) is 6.08 Å². The van der Waals surface area contributed by atoms with Gasteiger partial charge in [-0.15, -0.1) is 0 Å². The van der Waals surface area contributed by atoms with Gasteiger partial charge in [-0.25, -0.2) is 0 Å². The number of carbonyl (C=O) groups is 2. The third kappa shape index (κ3) is 7.44. The number of benzene rings is 3. The summed E-state index contributed by atoms with van der Waals surface area (Å²) in [4.78, 5) is 24.8. The van der Waals surface area contributed by atoms with Crippen molar-refractivity contribution in [2.24, 2.45) is 0 Å². The summed E-state index contributed by atoms with van der Waals surface area (Å²) in [5.41, 5.74) is 2.76. The zero-order valence-electron chi connectivity index (χ0n) is 18.9. The average Bonchev–Trinajstić information content (AvgIpc) is 2.82. The highest BCUT2D eigenvalue weighted by Gasteiger charge is 2.14. The molecule has 0 aromatic heterocycles.